The second kappa shape index (κ2) is 8.78. The number of hydrogen-bond donors (Lipinski definition) is 0. The molecule has 162 valence electrons. The molecular formula is C21H20ClFN4O3S. The van der Waals surface area contributed by atoms with Crippen LogP contribution in [-0.2, 0) is 16.6 Å². The molecule has 31 heavy (non-hydrogen) atoms. The summed E-state index contributed by atoms with van der Waals surface area (Å²) in [4.78, 5) is 14.4. The molecule has 1 saturated heterocycles. The number of anilines is 1. The first-order valence-corrected chi connectivity index (χ1v) is 11.5. The average Bonchev–Trinajstić information content (AvgIpc) is 2.78. The summed E-state index contributed by atoms with van der Waals surface area (Å²) in [6, 6.07) is 14.4. The summed E-state index contributed by atoms with van der Waals surface area (Å²) < 4.78 is 41.6. The normalized spacial score (nSPS) is 15.2. The maximum Gasteiger partial charge on any atom is 0.287 e. The van der Waals surface area contributed by atoms with Gasteiger partial charge < -0.3 is 4.90 Å². The predicted octanol–water partition coefficient (Wildman–Crippen LogP) is 2.60. The molecule has 1 aliphatic rings. The zero-order chi connectivity index (χ0) is 22.0. The van der Waals surface area contributed by atoms with Crippen LogP contribution in [0.15, 0.2) is 70.5 Å². The van der Waals surface area contributed by atoms with Gasteiger partial charge in [0.1, 0.15) is 10.8 Å². The fourth-order valence-corrected chi connectivity index (χ4v) is 5.21. The standard InChI is InChI=1S/C21H20ClFN4O3S/c22-20-19(14-24-27(21(20)28)15-16-5-2-1-3-6-16)25-9-11-26(12-10-25)31(29,30)18-8-4-7-17(23)13-18/h1-8,13-14H,9-12,15H2. The first-order valence-electron chi connectivity index (χ1n) is 9.66. The minimum absolute atomic E-state index is 0.0485. The van der Waals surface area contributed by atoms with Crippen molar-refractivity contribution in [2.75, 3.05) is 31.1 Å². The third-order valence-electron chi connectivity index (χ3n) is 5.15. The molecule has 0 atom stereocenters. The summed E-state index contributed by atoms with van der Waals surface area (Å²) >= 11 is 6.35. The summed E-state index contributed by atoms with van der Waals surface area (Å²) in [5, 5.41) is 4.29. The lowest BCUT2D eigenvalue weighted by molar-refractivity contribution is 0.384. The first-order chi connectivity index (χ1) is 14.9. The molecule has 1 aliphatic heterocycles. The van der Waals surface area contributed by atoms with Gasteiger partial charge in [-0.1, -0.05) is 48.0 Å². The monoisotopic (exact) mass is 462 g/mol. The van der Waals surface area contributed by atoms with Crippen LogP contribution in [0.2, 0.25) is 5.02 Å². The van der Waals surface area contributed by atoms with Crippen LogP contribution in [0.1, 0.15) is 5.56 Å². The molecule has 0 spiro atoms. The van der Waals surface area contributed by atoms with Gasteiger partial charge in [-0.2, -0.15) is 9.40 Å². The molecule has 0 unspecified atom stereocenters. The zero-order valence-corrected chi connectivity index (χ0v) is 18.1. The second-order valence-corrected chi connectivity index (χ2v) is 9.46. The number of sulfonamides is 1. The van der Waals surface area contributed by atoms with Crippen molar-refractivity contribution in [2.24, 2.45) is 0 Å². The van der Waals surface area contributed by atoms with Crippen LogP contribution < -0.4 is 10.5 Å². The van der Waals surface area contributed by atoms with E-state index in [1.54, 1.807) is 0 Å². The van der Waals surface area contributed by atoms with E-state index in [9.17, 15) is 17.6 Å². The zero-order valence-electron chi connectivity index (χ0n) is 16.5. The van der Waals surface area contributed by atoms with Gasteiger partial charge in [-0.25, -0.2) is 17.5 Å². The highest BCUT2D eigenvalue weighted by molar-refractivity contribution is 7.89. The molecule has 2 heterocycles. The molecule has 0 bridgehead atoms. The number of halogens is 2. The number of aromatic nitrogens is 2. The van der Waals surface area contributed by atoms with Crippen molar-refractivity contribution in [3.05, 3.63) is 87.6 Å². The van der Waals surface area contributed by atoms with E-state index < -0.39 is 21.4 Å². The van der Waals surface area contributed by atoms with E-state index in [0.29, 0.717) is 25.3 Å². The lowest BCUT2D eigenvalue weighted by Gasteiger charge is -2.35. The Balaban J connectivity index is 1.49. The molecule has 0 N–H and O–H groups in total. The largest absolute Gasteiger partial charge is 0.366 e. The Morgan fingerprint density at radius 3 is 2.39 bits per heavy atom. The fourth-order valence-electron chi connectivity index (χ4n) is 3.49. The van der Waals surface area contributed by atoms with Gasteiger partial charge in [0.05, 0.1) is 23.3 Å². The molecule has 3 aromatic rings. The molecule has 1 aromatic heterocycles. The van der Waals surface area contributed by atoms with Gasteiger partial charge in [-0.3, -0.25) is 4.79 Å². The maximum atomic E-state index is 13.5. The van der Waals surface area contributed by atoms with Crippen molar-refractivity contribution < 1.29 is 12.8 Å². The molecule has 0 amide bonds. The van der Waals surface area contributed by atoms with Crippen molar-refractivity contribution in [1.82, 2.24) is 14.1 Å². The third-order valence-corrected chi connectivity index (χ3v) is 7.40. The molecule has 0 radical (unpaired) electrons. The molecular weight excluding hydrogens is 443 g/mol. The highest BCUT2D eigenvalue weighted by Crippen LogP contribution is 2.25. The summed E-state index contributed by atoms with van der Waals surface area (Å²) in [6.45, 7) is 1.33. The number of piperazine rings is 1. The van der Waals surface area contributed by atoms with Gasteiger partial charge in [-0.05, 0) is 23.8 Å². The molecule has 0 saturated carbocycles. The third kappa shape index (κ3) is 4.48. The van der Waals surface area contributed by atoms with Crippen LogP contribution in [0.4, 0.5) is 10.1 Å². The Morgan fingerprint density at radius 1 is 1.00 bits per heavy atom. The van der Waals surface area contributed by atoms with Gasteiger partial charge >= 0.3 is 0 Å². The van der Waals surface area contributed by atoms with Crippen molar-refractivity contribution in [2.45, 2.75) is 11.4 Å². The highest BCUT2D eigenvalue weighted by atomic mass is 35.5. The van der Waals surface area contributed by atoms with E-state index in [-0.39, 0.29) is 23.0 Å². The molecule has 7 nitrogen and oxygen atoms in total. The van der Waals surface area contributed by atoms with Crippen molar-refractivity contribution in [1.29, 1.82) is 0 Å². The van der Waals surface area contributed by atoms with Gasteiger partial charge in [0.15, 0.2) is 0 Å². The van der Waals surface area contributed by atoms with Gasteiger partial charge in [0.2, 0.25) is 10.0 Å². The molecule has 10 heteroatoms. The molecule has 2 aromatic carbocycles. The summed E-state index contributed by atoms with van der Waals surface area (Å²) in [5.41, 5.74) is 0.994. The van der Waals surface area contributed by atoms with Crippen LogP contribution in [-0.4, -0.2) is 48.7 Å². The van der Waals surface area contributed by atoms with Crippen molar-refractivity contribution in [3.8, 4) is 0 Å². The maximum absolute atomic E-state index is 13.5. The van der Waals surface area contributed by atoms with Crippen LogP contribution in [0.5, 0.6) is 0 Å². The predicted molar refractivity (Wildman–Crippen MR) is 116 cm³/mol. The minimum atomic E-state index is -3.80. The fraction of sp³-hybridized carbons (Fsp3) is 0.238. The Labute approximate surface area is 184 Å². The smallest absolute Gasteiger partial charge is 0.287 e. The lowest BCUT2D eigenvalue weighted by atomic mass is 10.2. The van der Waals surface area contributed by atoms with Crippen LogP contribution in [0, 0.1) is 5.82 Å². The first kappa shape index (κ1) is 21.5. The Bertz CT molecular complexity index is 1240. The number of benzene rings is 2. The highest BCUT2D eigenvalue weighted by Gasteiger charge is 2.30. The SMILES string of the molecule is O=c1c(Cl)c(N2CCN(S(=O)(=O)c3cccc(F)c3)CC2)cnn1Cc1ccccc1. The van der Waals surface area contributed by atoms with Crippen LogP contribution in [0.3, 0.4) is 0 Å². The van der Waals surface area contributed by atoms with Crippen molar-refractivity contribution in [3.63, 3.8) is 0 Å². The van der Waals surface area contributed by atoms with Crippen molar-refractivity contribution >= 4 is 27.3 Å². The van der Waals surface area contributed by atoms with Gasteiger partial charge in [-0.15, -0.1) is 0 Å². The topological polar surface area (TPSA) is 75.5 Å². The van der Waals surface area contributed by atoms with E-state index in [0.717, 1.165) is 11.6 Å². The van der Waals surface area contributed by atoms with E-state index in [2.05, 4.69) is 5.10 Å². The van der Waals surface area contributed by atoms with Gasteiger partial charge in [0.25, 0.3) is 5.56 Å². The van der Waals surface area contributed by atoms with Gasteiger partial charge in [0, 0.05) is 26.2 Å². The quantitative estimate of drug-likeness (QED) is 0.582. The van der Waals surface area contributed by atoms with Crippen LogP contribution in [0.25, 0.3) is 0 Å². The molecule has 4 rings (SSSR count). The molecule has 0 aliphatic carbocycles. The van der Waals surface area contributed by atoms with E-state index in [4.69, 9.17) is 11.6 Å². The van der Waals surface area contributed by atoms with E-state index in [1.807, 2.05) is 35.2 Å². The second-order valence-electron chi connectivity index (χ2n) is 7.14. The number of rotatable bonds is 5. The summed E-state index contributed by atoms with van der Waals surface area (Å²) in [6.07, 6.45) is 1.53. The summed E-state index contributed by atoms with van der Waals surface area (Å²) in [7, 11) is -3.80. The Morgan fingerprint density at radius 2 is 1.71 bits per heavy atom. The minimum Gasteiger partial charge on any atom is -0.366 e. The summed E-state index contributed by atoms with van der Waals surface area (Å²) in [5.74, 6) is -0.603. The average molecular weight is 463 g/mol. The Kier molecular flexibility index (Phi) is 6.08. The molecule has 1 fully saturated rings. The number of nitrogens with zero attached hydrogens (tertiary/aromatic N) is 4. The van der Waals surface area contributed by atoms with E-state index >= 15 is 0 Å². The lowest BCUT2D eigenvalue weighted by Crippen LogP contribution is -2.49. The Hall–Kier alpha value is -2.75. The number of hydrogen-bond acceptors (Lipinski definition) is 5. The van der Waals surface area contributed by atoms with E-state index in [1.165, 1.54) is 33.4 Å². The van der Waals surface area contributed by atoms with Crippen LogP contribution >= 0.6 is 11.6 Å².